The molecule has 35 heavy (non-hydrogen) atoms. The number of carbonyl (C=O) groups is 2. The Bertz CT molecular complexity index is 1100. The number of hydrogen-bond acceptors (Lipinski definition) is 4. The summed E-state index contributed by atoms with van der Waals surface area (Å²) in [7, 11) is -3.77. The van der Waals surface area contributed by atoms with Gasteiger partial charge in [-0.1, -0.05) is 73.5 Å². The molecule has 2 aromatic carbocycles. The van der Waals surface area contributed by atoms with Gasteiger partial charge in [0, 0.05) is 17.6 Å². The summed E-state index contributed by atoms with van der Waals surface area (Å²) in [6.45, 7) is 7.97. The number of halogens is 1. The predicted octanol–water partition coefficient (Wildman–Crippen LogP) is 4.67. The van der Waals surface area contributed by atoms with E-state index in [-0.39, 0.29) is 18.4 Å². The van der Waals surface area contributed by atoms with Crippen molar-refractivity contribution in [3.63, 3.8) is 0 Å². The van der Waals surface area contributed by atoms with Crippen LogP contribution in [0.15, 0.2) is 53.0 Å². The van der Waals surface area contributed by atoms with Crippen LogP contribution in [0.25, 0.3) is 0 Å². The van der Waals surface area contributed by atoms with E-state index >= 15 is 0 Å². The molecule has 192 valence electrons. The summed E-state index contributed by atoms with van der Waals surface area (Å²) in [5.41, 5.74) is 2.14. The SMILES string of the molecule is CCCCNC(=O)C(C)N(Cc1ccc(Br)cc1)C(=O)CN(c1ccccc1C(C)C)S(C)(=O)=O. The summed E-state index contributed by atoms with van der Waals surface area (Å²) in [6.07, 6.45) is 2.87. The maximum atomic E-state index is 13.6. The zero-order valence-electron chi connectivity index (χ0n) is 21.1. The molecule has 1 unspecified atom stereocenters. The largest absolute Gasteiger partial charge is 0.354 e. The second-order valence-corrected chi connectivity index (χ2v) is 11.8. The van der Waals surface area contributed by atoms with Gasteiger partial charge in [-0.15, -0.1) is 0 Å². The topological polar surface area (TPSA) is 86.8 Å². The van der Waals surface area contributed by atoms with Crippen LogP contribution in [0.2, 0.25) is 0 Å². The summed E-state index contributed by atoms with van der Waals surface area (Å²) in [4.78, 5) is 27.9. The fraction of sp³-hybridized carbons (Fsp3) is 0.462. The molecule has 0 saturated carbocycles. The third-order valence-corrected chi connectivity index (χ3v) is 7.42. The molecule has 2 rings (SSSR count). The van der Waals surface area contributed by atoms with Crippen molar-refractivity contribution < 1.29 is 18.0 Å². The molecule has 0 radical (unpaired) electrons. The van der Waals surface area contributed by atoms with Crippen LogP contribution in [-0.2, 0) is 26.2 Å². The molecule has 2 aromatic rings. The zero-order chi connectivity index (χ0) is 26.2. The number of sulfonamides is 1. The fourth-order valence-corrected chi connectivity index (χ4v) is 4.84. The number of carbonyl (C=O) groups excluding carboxylic acids is 2. The molecule has 0 heterocycles. The Kier molecular flexibility index (Phi) is 10.8. The van der Waals surface area contributed by atoms with Gasteiger partial charge in [0.1, 0.15) is 12.6 Å². The monoisotopic (exact) mass is 565 g/mol. The maximum absolute atomic E-state index is 13.6. The lowest BCUT2D eigenvalue weighted by molar-refractivity contribution is -0.139. The Labute approximate surface area is 218 Å². The second kappa shape index (κ2) is 13.1. The minimum Gasteiger partial charge on any atom is -0.354 e. The van der Waals surface area contributed by atoms with Gasteiger partial charge in [0.2, 0.25) is 21.8 Å². The van der Waals surface area contributed by atoms with Crippen molar-refractivity contribution in [2.45, 2.75) is 59.0 Å². The molecule has 0 bridgehead atoms. The molecule has 0 aliphatic heterocycles. The Hall–Kier alpha value is -2.39. The highest BCUT2D eigenvalue weighted by molar-refractivity contribution is 9.10. The van der Waals surface area contributed by atoms with Crippen LogP contribution < -0.4 is 9.62 Å². The van der Waals surface area contributed by atoms with Gasteiger partial charge in [-0.25, -0.2) is 8.42 Å². The number of benzene rings is 2. The van der Waals surface area contributed by atoms with E-state index in [0.29, 0.717) is 12.2 Å². The number of amides is 2. The molecular weight excluding hydrogens is 530 g/mol. The van der Waals surface area contributed by atoms with Gasteiger partial charge in [-0.3, -0.25) is 13.9 Å². The first kappa shape index (κ1) is 28.8. The van der Waals surface area contributed by atoms with E-state index in [2.05, 4.69) is 21.2 Å². The molecule has 0 spiro atoms. The smallest absolute Gasteiger partial charge is 0.244 e. The zero-order valence-corrected chi connectivity index (χ0v) is 23.5. The first-order valence-electron chi connectivity index (χ1n) is 11.8. The number of anilines is 1. The van der Waals surface area contributed by atoms with Crippen molar-refractivity contribution in [1.29, 1.82) is 0 Å². The third kappa shape index (κ3) is 8.35. The van der Waals surface area contributed by atoms with Gasteiger partial charge in [0.15, 0.2) is 0 Å². The standard InChI is InChI=1S/C26H36BrN3O4S/c1-6-7-16-28-26(32)20(4)29(17-21-12-14-22(27)15-13-21)25(31)18-30(35(5,33)34)24-11-9-8-10-23(24)19(2)3/h8-15,19-20H,6-7,16-18H2,1-5H3,(H,28,32). The summed E-state index contributed by atoms with van der Waals surface area (Å²) >= 11 is 3.41. The normalized spacial score (nSPS) is 12.3. The summed E-state index contributed by atoms with van der Waals surface area (Å²) in [5.74, 6) is -0.653. The number of para-hydroxylation sites is 1. The van der Waals surface area contributed by atoms with Crippen LogP contribution in [0, 0.1) is 0 Å². The maximum Gasteiger partial charge on any atom is 0.244 e. The quantitative estimate of drug-likeness (QED) is 0.379. The highest BCUT2D eigenvalue weighted by Crippen LogP contribution is 2.29. The lowest BCUT2D eigenvalue weighted by Gasteiger charge is -2.32. The molecular formula is C26H36BrN3O4S. The predicted molar refractivity (Wildman–Crippen MR) is 145 cm³/mol. The number of nitrogens with one attached hydrogen (secondary N) is 1. The van der Waals surface area contributed by atoms with Crippen molar-refractivity contribution in [3.8, 4) is 0 Å². The van der Waals surface area contributed by atoms with E-state index in [1.807, 2.05) is 57.2 Å². The minimum absolute atomic E-state index is 0.0627. The van der Waals surface area contributed by atoms with Gasteiger partial charge >= 0.3 is 0 Å². The molecule has 0 aliphatic carbocycles. The molecule has 0 aromatic heterocycles. The molecule has 0 saturated heterocycles. The van der Waals surface area contributed by atoms with Crippen LogP contribution in [0.4, 0.5) is 5.69 Å². The van der Waals surface area contributed by atoms with Crippen LogP contribution in [0.3, 0.4) is 0 Å². The van der Waals surface area contributed by atoms with Crippen molar-refractivity contribution >= 4 is 43.5 Å². The van der Waals surface area contributed by atoms with E-state index in [1.165, 1.54) is 4.90 Å². The van der Waals surface area contributed by atoms with Crippen molar-refractivity contribution in [1.82, 2.24) is 10.2 Å². The Morgan fingerprint density at radius 1 is 1.03 bits per heavy atom. The molecule has 7 nitrogen and oxygen atoms in total. The van der Waals surface area contributed by atoms with Crippen molar-refractivity contribution in [3.05, 3.63) is 64.1 Å². The molecule has 0 fully saturated rings. The first-order valence-corrected chi connectivity index (χ1v) is 14.5. The second-order valence-electron chi connectivity index (χ2n) is 8.95. The highest BCUT2D eigenvalue weighted by Gasteiger charge is 2.31. The molecule has 9 heteroatoms. The van der Waals surface area contributed by atoms with Crippen molar-refractivity contribution in [2.75, 3.05) is 23.7 Å². The van der Waals surface area contributed by atoms with Gasteiger partial charge < -0.3 is 10.2 Å². The van der Waals surface area contributed by atoms with E-state index in [9.17, 15) is 18.0 Å². The number of hydrogen-bond donors (Lipinski definition) is 1. The first-order chi connectivity index (χ1) is 16.5. The van der Waals surface area contributed by atoms with Crippen LogP contribution in [0.5, 0.6) is 0 Å². The lowest BCUT2D eigenvalue weighted by Crippen LogP contribution is -2.51. The number of rotatable bonds is 12. The summed E-state index contributed by atoms with van der Waals surface area (Å²) in [5, 5.41) is 2.88. The number of unbranched alkanes of at least 4 members (excludes halogenated alkanes) is 1. The average Bonchev–Trinajstić information content (AvgIpc) is 2.80. The van der Waals surface area contributed by atoms with Gasteiger partial charge in [-0.05, 0) is 48.6 Å². The highest BCUT2D eigenvalue weighted by atomic mass is 79.9. The van der Waals surface area contributed by atoms with Crippen molar-refractivity contribution in [2.24, 2.45) is 0 Å². The molecule has 0 aliphatic rings. The van der Waals surface area contributed by atoms with Gasteiger partial charge in [-0.2, -0.15) is 0 Å². The molecule has 2 amide bonds. The Balaban J connectivity index is 2.40. The average molecular weight is 567 g/mol. The van der Waals surface area contributed by atoms with E-state index in [1.54, 1.807) is 19.1 Å². The van der Waals surface area contributed by atoms with Gasteiger partial charge in [0.05, 0.1) is 11.9 Å². The van der Waals surface area contributed by atoms with Gasteiger partial charge in [0.25, 0.3) is 0 Å². The van der Waals surface area contributed by atoms with Crippen LogP contribution in [-0.4, -0.2) is 50.5 Å². The lowest BCUT2D eigenvalue weighted by atomic mass is 10.0. The van der Waals surface area contributed by atoms with Crippen LogP contribution in [0.1, 0.15) is 57.6 Å². The summed E-state index contributed by atoms with van der Waals surface area (Å²) < 4.78 is 27.7. The Morgan fingerprint density at radius 3 is 2.23 bits per heavy atom. The third-order valence-electron chi connectivity index (χ3n) is 5.77. The Morgan fingerprint density at radius 2 is 1.66 bits per heavy atom. The summed E-state index contributed by atoms with van der Waals surface area (Å²) in [6, 6.07) is 13.9. The molecule has 1 atom stereocenters. The van der Waals surface area contributed by atoms with Crippen LogP contribution >= 0.6 is 15.9 Å². The van der Waals surface area contributed by atoms with E-state index in [0.717, 1.165) is 39.0 Å². The van der Waals surface area contributed by atoms with E-state index in [4.69, 9.17) is 0 Å². The molecule has 1 N–H and O–H groups in total. The fourth-order valence-electron chi connectivity index (χ4n) is 3.70. The van der Waals surface area contributed by atoms with E-state index < -0.39 is 28.5 Å². The minimum atomic E-state index is -3.77. The number of nitrogens with zero attached hydrogens (tertiary/aromatic N) is 2.